The van der Waals surface area contributed by atoms with Crippen molar-refractivity contribution < 1.29 is 0 Å². The summed E-state index contributed by atoms with van der Waals surface area (Å²) in [6.07, 6.45) is 5.60. The lowest BCUT2D eigenvalue weighted by Crippen LogP contribution is -2.61. The first-order valence-electron chi connectivity index (χ1n) is 10.8. The minimum atomic E-state index is 0.339. The standard InChI is InChI=1S/C21H42N4/c1-5-23-12-8-20(9-13-23)17-25-15-14-24(18-21(25,2)3)16-19-6-10-22(4)11-7-19/h19-20H,5-18H2,1-4H3. The van der Waals surface area contributed by atoms with Gasteiger partial charge in [-0.05, 0) is 91.1 Å². The Morgan fingerprint density at radius 3 is 1.96 bits per heavy atom. The van der Waals surface area contributed by atoms with Crippen molar-refractivity contribution in [2.45, 2.75) is 52.0 Å². The molecular weight excluding hydrogens is 308 g/mol. The molecular formula is C21H42N4. The molecule has 0 radical (unpaired) electrons. The zero-order valence-corrected chi connectivity index (χ0v) is 17.3. The van der Waals surface area contributed by atoms with Gasteiger partial charge in [0.05, 0.1) is 0 Å². The van der Waals surface area contributed by atoms with Crippen LogP contribution in [0.1, 0.15) is 46.5 Å². The van der Waals surface area contributed by atoms with Gasteiger partial charge in [0, 0.05) is 38.3 Å². The minimum Gasteiger partial charge on any atom is -0.306 e. The molecule has 0 spiro atoms. The molecule has 25 heavy (non-hydrogen) atoms. The van der Waals surface area contributed by atoms with Gasteiger partial charge in [-0.1, -0.05) is 6.92 Å². The van der Waals surface area contributed by atoms with E-state index >= 15 is 0 Å². The number of hydrogen-bond donors (Lipinski definition) is 0. The van der Waals surface area contributed by atoms with E-state index in [1.165, 1.54) is 91.1 Å². The number of nitrogens with zero attached hydrogens (tertiary/aromatic N) is 4. The Balaban J connectivity index is 1.44. The van der Waals surface area contributed by atoms with Crippen molar-refractivity contribution >= 4 is 0 Å². The van der Waals surface area contributed by atoms with Crippen LogP contribution < -0.4 is 0 Å². The second-order valence-corrected chi connectivity index (χ2v) is 9.62. The van der Waals surface area contributed by atoms with Crippen LogP contribution in [-0.4, -0.2) is 97.6 Å². The topological polar surface area (TPSA) is 13.0 Å². The molecule has 3 rings (SSSR count). The predicted molar refractivity (Wildman–Crippen MR) is 107 cm³/mol. The van der Waals surface area contributed by atoms with Crippen LogP contribution in [0.5, 0.6) is 0 Å². The summed E-state index contributed by atoms with van der Waals surface area (Å²) in [6.45, 7) is 20.2. The average Bonchev–Trinajstić information content (AvgIpc) is 2.59. The lowest BCUT2D eigenvalue weighted by molar-refractivity contribution is -0.00641. The van der Waals surface area contributed by atoms with Gasteiger partial charge in [-0.15, -0.1) is 0 Å². The first-order chi connectivity index (χ1) is 12.0. The Morgan fingerprint density at radius 2 is 1.36 bits per heavy atom. The molecule has 0 aliphatic carbocycles. The molecule has 0 N–H and O–H groups in total. The SMILES string of the molecule is CCN1CCC(CN2CCN(CC3CCN(C)CC3)CC2(C)C)CC1. The van der Waals surface area contributed by atoms with E-state index in [2.05, 4.69) is 47.4 Å². The van der Waals surface area contributed by atoms with Crippen LogP contribution in [0.25, 0.3) is 0 Å². The van der Waals surface area contributed by atoms with E-state index < -0.39 is 0 Å². The highest BCUT2D eigenvalue weighted by Crippen LogP contribution is 2.27. The van der Waals surface area contributed by atoms with Crippen LogP contribution >= 0.6 is 0 Å². The van der Waals surface area contributed by atoms with Gasteiger partial charge in [0.15, 0.2) is 0 Å². The highest BCUT2D eigenvalue weighted by atomic mass is 15.3. The molecule has 3 aliphatic rings. The minimum absolute atomic E-state index is 0.339. The Bertz CT molecular complexity index is 395. The summed E-state index contributed by atoms with van der Waals surface area (Å²) in [6, 6.07) is 0. The summed E-state index contributed by atoms with van der Waals surface area (Å²) in [5, 5.41) is 0. The molecule has 3 heterocycles. The van der Waals surface area contributed by atoms with E-state index in [1.54, 1.807) is 0 Å². The van der Waals surface area contributed by atoms with E-state index in [1.807, 2.05) is 0 Å². The van der Waals surface area contributed by atoms with Crippen LogP contribution in [0.15, 0.2) is 0 Å². The van der Waals surface area contributed by atoms with Crippen LogP contribution in [0, 0.1) is 11.8 Å². The van der Waals surface area contributed by atoms with Gasteiger partial charge in [-0.3, -0.25) is 9.80 Å². The van der Waals surface area contributed by atoms with Crippen molar-refractivity contribution in [3.05, 3.63) is 0 Å². The molecule has 0 bridgehead atoms. The second-order valence-electron chi connectivity index (χ2n) is 9.62. The van der Waals surface area contributed by atoms with Crippen LogP contribution in [0.2, 0.25) is 0 Å². The molecule has 3 saturated heterocycles. The lowest BCUT2D eigenvalue weighted by atomic mass is 9.90. The Kier molecular flexibility index (Phi) is 6.81. The largest absolute Gasteiger partial charge is 0.306 e. The number of hydrogen-bond acceptors (Lipinski definition) is 4. The van der Waals surface area contributed by atoms with Gasteiger partial charge in [0.1, 0.15) is 0 Å². The molecule has 0 amide bonds. The maximum atomic E-state index is 2.81. The van der Waals surface area contributed by atoms with Crippen molar-refractivity contribution in [3.63, 3.8) is 0 Å². The van der Waals surface area contributed by atoms with Crippen molar-refractivity contribution in [1.29, 1.82) is 0 Å². The van der Waals surface area contributed by atoms with E-state index in [-0.39, 0.29) is 0 Å². The fraction of sp³-hybridized carbons (Fsp3) is 1.00. The van der Waals surface area contributed by atoms with Crippen LogP contribution in [0.4, 0.5) is 0 Å². The van der Waals surface area contributed by atoms with E-state index in [4.69, 9.17) is 0 Å². The third kappa shape index (κ3) is 5.41. The summed E-state index contributed by atoms with van der Waals surface area (Å²) in [5.74, 6) is 1.85. The highest BCUT2D eigenvalue weighted by molar-refractivity contribution is 4.92. The Hall–Kier alpha value is -0.160. The third-order valence-electron chi connectivity index (χ3n) is 7.14. The average molecular weight is 351 g/mol. The van der Waals surface area contributed by atoms with Gasteiger partial charge < -0.3 is 9.80 Å². The quantitative estimate of drug-likeness (QED) is 0.755. The smallest absolute Gasteiger partial charge is 0.0280 e. The molecule has 0 atom stereocenters. The van der Waals surface area contributed by atoms with Gasteiger partial charge >= 0.3 is 0 Å². The number of piperidine rings is 2. The Labute approximate surface area is 156 Å². The molecule has 0 aromatic heterocycles. The van der Waals surface area contributed by atoms with Crippen molar-refractivity contribution in [1.82, 2.24) is 19.6 Å². The zero-order chi connectivity index (χ0) is 17.9. The normalized spacial score (nSPS) is 29.3. The molecule has 146 valence electrons. The fourth-order valence-electron chi connectivity index (χ4n) is 5.19. The molecule has 4 heteroatoms. The molecule has 0 aromatic carbocycles. The van der Waals surface area contributed by atoms with Crippen molar-refractivity contribution in [2.75, 3.05) is 72.5 Å². The first-order valence-corrected chi connectivity index (χ1v) is 10.8. The van der Waals surface area contributed by atoms with Gasteiger partial charge in [-0.2, -0.15) is 0 Å². The number of likely N-dealkylation sites (tertiary alicyclic amines) is 2. The van der Waals surface area contributed by atoms with Crippen molar-refractivity contribution in [3.8, 4) is 0 Å². The van der Waals surface area contributed by atoms with E-state index in [9.17, 15) is 0 Å². The van der Waals surface area contributed by atoms with Gasteiger partial charge in [-0.25, -0.2) is 0 Å². The zero-order valence-electron chi connectivity index (χ0n) is 17.3. The Morgan fingerprint density at radius 1 is 0.760 bits per heavy atom. The third-order valence-corrected chi connectivity index (χ3v) is 7.14. The molecule has 3 fully saturated rings. The maximum absolute atomic E-state index is 2.81. The highest BCUT2D eigenvalue weighted by Gasteiger charge is 2.36. The summed E-state index contributed by atoms with van der Waals surface area (Å²) >= 11 is 0. The summed E-state index contributed by atoms with van der Waals surface area (Å²) in [5.41, 5.74) is 0.339. The molecule has 0 unspecified atom stereocenters. The summed E-state index contributed by atoms with van der Waals surface area (Å²) in [7, 11) is 2.27. The van der Waals surface area contributed by atoms with Crippen LogP contribution in [-0.2, 0) is 0 Å². The van der Waals surface area contributed by atoms with E-state index in [0.29, 0.717) is 5.54 Å². The van der Waals surface area contributed by atoms with Gasteiger partial charge in [0.2, 0.25) is 0 Å². The summed E-state index contributed by atoms with van der Waals surface area (Å²) in [4.78, 5) is 10.7. The van der Waals surface area contributed by atoms with Gasteiger partial charge in [0.25, 0.3) is 0 Å². The lowest BCUT2D eigenvalue weighted by Gasteiger charge is -2.50. The monoisotopic (exact) mass is 350 g/mol. The predicted octanol–water partition coefficient (Wildman–Crippen LogP) is 2.46. The van der Waals surface area contributed by atoms with Crippen LogP contribution in [0.3, 0.4) is 0 Å². The fourth-order valence-corrected chi connectivity index (χ4v) is 5.19. The number of piperazine rings is 1. The number of rotatable bonds is 5. The first kappa shape index (κ1) is 19.6. The molecule has 0 aromatic rings. The van der Waals surface area contributed by atoms with Crippen molar-refractivity contribution in [2.24, 2.45) is 11.8 Å². The molecule has 4 nitrogen and oxygen atoms in total. The molecule has 3 aliphatic heterocycles. The maximum Gasteiger partial charge on any atom is 0.0280 e. The molecule has 0 saturated carbocycles. The van der Waals surface area contributed by atoms with E-state index in [0.717, 1.165) is 11.8 Å². The second kappa shape index (κ2) is 8.69. The summed E-state index contributed by atoms with van der Waals surface area (Å²) < 4.78 is 0.